The number of nitrogens with two attached hydrogens (primary N) is 1. The van der Waals surface area contributed by atoms with Gasteiger partial charge in [-0.05, 0) is 18.8 Å². The van der Waals surface area contributed by atoms with Crippen LogP contribution in [0.2, 0.25) is 0 Å². The maximum atomic E-state index is 12.8. The zero-order chi connectivity index (χ0) is 7.56. The molecule has 1 rings (SSSR count). The van der Waals surface area contributed by atoms with E-state index < -0.39 is 12.1 Å². The predicted molar refractivity (Wildman–Crippen MR) is 36.0 cm³/mol. The van der Waals surface area contributed by atoms with Crippen LogP contribution < -0.4 is 5.73 Å². The first-order valence-corrected chi connectivity index (χ1v) is 3.65. The van der Waals surface area contributed by atoms with Crippen LogP contribution in [-0.4, -0.2) is 12.1 Å². The molecule has 1 atom stereocenters. The first-order valence-electron chi connectivity index (χ1n) is 3.65. The van der Waals surface area contributed by atoms with E-state index in [0.717, 1.165) is 25.7 Å². The van der Waals surface area contributed by atoms with Gasteiger partial charge in [0.15, 0.2) is 6.17 Å². The molecule has 0 saturated heterocycles. The van der Waals surface area contributed by atoms with Crippen LogP contribution in [0, 0.1) is 5.92 Å². The summed E-state index contributed by atoms with van der Waals surface area (Å²) in [5.41, 5.74) is 4.80. The molecule has 3 heteroatoms. The third-order valence-electron chi connectivity index (χ3n) is 2.09. The second-order valence-corrected chi connectivity index (χ2v) is 2.85. The average molecular weight is 145 g/mol. The summed E-state index contributed by atoms with van der Waals surface area (Å²) in [6.45, 7) is 0. The fourth-order valence-electron chi connectivity index (χ4n) is 1.48. The van der Waals surface area contributed by atoms with Gasteiger partial charge >= 0.3 is 0 Å². The van der Waals surface area contributed by atoms with Crippen LogP contribution in [-0.2, 0) is 4.79 Å². The van der Waals surface area contributed by atoms with Crippen LogP contribution in [0.15, 0.2) is 0 Å². The van der Waals surface area contributed by atoms with Gasteiger partial charge in [-0.3, -0.25) is 4.79 Å². The monoisotopic (exact) mass is 145 g/mol. The minimum Gasteiger partial charge on any atom is -0.367 e. The topological polar surface area (TPSA) is 43.1 Å². The second kappa shape index (κ2) is 2.99. The molecule has 1 unspecified atom stereocenters. The van der Waals surface area contributed by atoms with Gasteiger partial charge in [-0.2, -0.15) is 0 Å². The number of rotatable bonds is 2. The Kier molecular flexibility index (Phi) is 2.25. The Balaban J connectivity index is 2.39. The molecule has 1 fully saturated rings. The molecule has 1 saturated carbocycles. The largest absolute Gasteiger partial charge is 0.367 e. The van der Waals surface area contributed by atoms with Gasteiger partial charge in [0.2, 0.25) is 0 Å². The Bertz CT molecular complexity index is 132. The Labute approximate surface area is 59.6 Å². The van der Waals surface area contributed by atoms with E-state index in [2.05, 4.69) is 0 Å². The highest BCUT2D eigenvalue weighted by Crippen LogP contribution is 2.28. The first-order chi connectivity index (χ1) is 4.72. The van der Waals surface area contributed by atoms with Crippen molar-refractivity contribution in [1.29, 1.82) is 0 Å². The van der Waals surface area contributed by atoms with Crippen molar-refractivity contribution in [3.63, 3.8) is 0 Å². The number of halogens is 1. The van der Waals surface area contributed by atoms with Crippen LogP contribution in [0.3, 0.4) is 0 Å². The van der Waals surface area contributed by atoms with Crippen LogP contribution in [0.1, 0.15) is 25.7 Å². The molecular weight excluding hydrogens is 133 g/mol. The lowest BCUT2D eigenvalue weighted by Crippen LogP contribution is -2.30. The minimum absolute atomic E-state index is 0.0856. The normalized spacial score (nSPS) is 22.9. The fraction of sp³-hybridized carbons (Fsp3) is 0.857. The molecule has 0 radical (unpaired) electrons. The predicted octanol–water partition coefficient (Wildman–Crippen LogP) is 1.00. The maximum absolute atomic E-state index is 12.8. The summed E-state index contributed by atoms with van der Waals surface area (Å²) in [4.78, 5) is 10.3. The zero-order valence-electron chi connectivity index (χ0n) is 5.85. The van der Waals surface area contributed by atoms with Gasteiger partial charge in [-0.1, -0.05) is 12.8 Å². The minimum atomic E-state index is -1.40. The molecule has 58 valence electrons. The molecule has 10 heavy (non-hydrogen) atoms. The summed E-state index contributed by atoms with van der Waals surface area (Å²) in [6.07, 6.45) is 2.33. The van der Waals surface area contributed by atoms with E-state index in [1.165, 1.54) is 0 Å². The molecule has 0 aromatic rings. The van der Waals surface area contributed by atoms with E-state index in [1.54, 1.807) is 0 Å². The summed E-state index contributed by atoms with van der Waals surface area (Å²) in [5, 5.41) is 0. The Morgan fingerprint density at radius 1 is 1.50 bits per heavy atom. The smallest absolute Gasteiger partial charge is 0.252 e. The van der Waals surface area contributed by atoms with Crippen molar-refractivity contribution >= 4 is 5.91 Å². The average Bonchev–Trinajstić information content (AvgIpc) is 2.36. The van der Waals surface area contributed by atoms with Crippen LogP contribution in [0.25, 0.3) is 0 Å². The SMILES string of the molecule is NC(=O)C(F)C1CCCC1. The summed E-state index contributed by atoms with van der Waals surface area (Å²) >= 11 is 0. The molecule has 2 N–H and O–H groups in total. The number of primary amides is 1. The Morgan fingerprint density at radius 2 is 2.00 bits per heavy atom. The van der Waals surface area contributed by atoms with E-state index in [9.17, 15) is 9.18 Å². The van der Waals surface area contributed by atoms with Crippen molar-refractivity contribution < 1.29 is 9.18 Å². The summed E-state index contributed by atoms with van der Waals surface area (Å²) < 4.78 is 12.8. The lowest BCUT2D eigenvalue weighted by Gasteiger charge is -2.10. The van der Waals surface area contributed by atoms with Crippen LogP contribution in [0.5, 0.6) is 0 Å². The highest BCUT2D eigenvalue weighted by atomic mass is 19.1. The van der Waals surface area contributed by atoms with E-state index in [0.29, 0.717) is 0 Å². The van der Waals surface area contributed by atoms with Gasteiger partial charge in [-0.15, -0.1) is 0 Å². The standard InChI is InChI=1S/C7H12FNO/c8-6(7(9)10)5-3-1-2-4-5/h5-6H,1-4H2,(H2,9,10). The lowest BCUT2D eigenvalue weighted by atomic mass is 10.0. The van der Waals surface area contributed by atoms with E-state index >= 15 is 0 Å². The van der Waals surface area contributed by atoms with Crippen molar-refractivity contribution in [2.24, 2.45) is 11.7 Å². The van der Waals surface area contributed by atoms with Gasteiger partial charge in [0, 0.05) is 0 Å². The number of amides is 1. The van der Waals surface area contributed by atoms with Gasteiger partial charge in [0.25, 0.3) is 5.91 Å². The maximum Gasteiger partial charge on any atom is 0.252 e. The van der Waals surface area contributed by atoms with Crippen molar-refractivity contribution in [3.05, 3.63) is 0 Å². The zero-order valence-corrected chi connectivity index (χ0v) is 5.85. The van der Waals surface area contributed by atoms with Gasteiger partial charge < -0.3 is 5.73 Å². The summed E-state index contributed by atoms with van der Waals surface area (Å²) in [6, 6.07) is 0. The number of hydrogen-bond acceptors (Lipinski definition) is 1. The molecule has 0 bridgehead atoms. The van der Waals surface area contributed by atoms with Crippen molar-refractivity contribution in [2.75, 3.05) is 0 Å². The molecule has 0 aromatic carbocycles. The highest BCUT2D eigenvalue weighted by molar-refractivity contribution is 5.79. The molecule has 1 amide bonds. The van der Waals surface area contributed by atoms with Gasteiger partial charge in [-0.25, -0.2) is 4.39 Å². The fourth-order valence-corrected chi connectivity index (χ4v) is 1.48. The third kappa shape index (κ3) is 1.46. The Morgan fingerprint density at radius 3 is 2.40 bits per heavy atom. The van der Waals surface area contributed by atoms with E-state index in [-0.39, 0.29) is 5.92 Å². The van der Waals surface area contributed by atoms with E-state index in [1.807, 2.05) is 0 Å². The quantitative estimate of drug-likeness (QED) is 0.618. The molecule has 0 spiro atoms. The molecule has 0 aromatic heterocycles. The number of hydrogen-bond donors (Lipinski definition) is 1. The number of carbonyl (C=O) groups excluding carboxylic acids is 1. The highest BCUT2D eigenvalue weighted by Gasteiger charge is 2.28. The van der Waals surface area contributed by atoms with Gasteiger partial charge in [0.1, 0.15) is 0 Å². The molecule has 0 heterocycles. The van der Waals surface area contributed by atoms with Crippen molar-refractivity contribution in [2.45, 2.75) is 31.9 Å². The second-order valence-electron chi connectivity index (χ2n) is 2.85. The molecule has 0 aliphatic heterocycles. The van der Waals surface area contributed by atoms with Crippen molar-refractivity contribution in [1.82, 2.24) is 0 Å². The van der Waals surface area contributed by atoms with Crippen molar-refractivity contribution in [3.8, 4) is 0 Å². The molecule has 2 nitrogen and oxygen atoms in total. The molecular formula is C7H12FNO. The first kappa shape index (κ1) is 7.51. The summed E-state index contributed by atoms with van der Waals surface area (Å²) in [5.74, 6) is -0.885. The van der Waals surface area contributed by atoms with Crippen LogP contribution in [0.4, 0.5) is 4.39 Å². The number of carbonyl (C=O) groups is 1. The number of alkyl halides is 1. The summed E-state index contributed by atoms with van der Waals surface area (Å²) in [7, 11) is 0. The Hall–Kier alpha value is -0.600. The van der Waals surface area contributed by atoms with E-state index in [4.69, 9.17) is 5.73 Å². The molecule has 1 aliphatic rings. The molecule has 1 aliphatic carbocycles. The van der Waals surface area contributed by atoms with Crippen LogP contribution >= 0.6 is 0 Å². The third-order valence-corrected chi connectivity index (χ3v) is 2.09. The van der Waals surface area contributed by atoms with Gasteiger partial charge in [0.05, 0.1) is 0 Å². The lowest BCUT2D eigenvalue weighted by molar-refractivity contribution is -0.124.